The van der Waals surface area contributed by atoms with E-state index in [1.165, 1.54) is 11.1 Å². The van der Waals surface area contributed by atoms with Crippen molar-refractivity contribution in [1.29, 1.82) is 0 Å². The summed E-state index contributed by atoms with van der Waals surface area (Å²) in [5.74, 6) is -1.40. The Labute approximate surface area is 143 Å². The first-order valence-electron chi connectivity index (χ1n) is 8.80. The first-order valence-corrected chi connectivity index (χ1v) is 8.80. The van der Waals surface area contributed by atoms with Gasteiger partial charge in [0.15, 0.2) is 0 Å². The van der Waals surface area contributed by atoms with Gasteiger partial charge in [0, 0.05) is 0 Å². The minimum atomic E-state index is -0.751. The molecule has 4 heteroatoms. The molecule has 0 heterocycles. The maximum absolute atomic E-state index is 11.2. The van der Waals surface area contributed by atoms with Crippen LogP contribution in [-0.2, 0) is 22.4 Å². The molecule has 0 amide bonds. The van der Waals surface area contributed by atoms with Crippen LogP contribution in [-0.4, -0.2) is 22.2 Å². The number of rotatable bonds is 10. The van der Waals surface area contributed by atoms with Gasteiger partial charge in [-0.2, -0.15) is 0 Å². The molecule has 1 fully saturated rings. The molecule has 0 radical (unpaired) electrons. The van der Waals surface area contributed by atoms with E-state index in [0.717, 1.165) is 44.9 Å². The van der Waals surface area contributed by atoms with Crippen molar-refractivity contribution in [1.82, 2.24) is 0 Å². The Morgan fingerprint density at radius 2 is 1.58 bits per heavy atom. The molecule has 0 bridgehead atoms. The molecular formula is C20H28O4. The van der Waals surface area contributed by atoms with E-state index in [4.69, 9.17) is 0 Å². The summed E-state index contributed by atoms with van der Waals surface area (Å²) in [6.07, 6.45) is 6.54. The van der Waals surface area contributed by atoms with Crippen LogP contribution in [0, 0.1) is 10.8 Å². The Hall–Kier alpha value is -1.84. The van der Waals surface area contributed by atoms with Gasteiger partial charge in [-0.1, -0.05) is 24.3 Å². The van der Waals surface area contributed by atoms with Crippen LogP contribution in [0.3, 0.4) is 0 Å². The van der Waals surface area contributed by atoms with Gasteiger partial charge in [-0.15, -0.1) is 0 Å². The number of carboxylic acid groups (broad SMARTS) is 2. The third-order valence-corrected chi connectivity index (χ3v) is 5.35. The molecule has 0 atom stereocenters. The molecule has 0 spiro atoms. The van der Waals surface area contributed by atoms with Crippen LogP contribution in [0.25, 0.3) is 0 Å². The molecule has 24 heavy (non-hydrogen) atoms. The van der Waals surface area contributed by atoms with Crippen molar-refractivity contribution < 1.29 is 19.8 Å². The second-order valence-corrected chi connectivity index (χ2v) is 7.75. The molecule has 1 saturated carbocycles. The molecular weight excluding hydrogens is 304 g/mol. The fraction of sp³-hybridized carbons (Fsp3) is 0.600. The summed E-state index contributed by atoms with van der Waals surface area (Å²) < 4.78 is 0. The Bertz CT molecular complexity index is 558. The highest BCUT2D eigenvalue weighted by molar-refractivity contribution is 5.77. The first-order chi connectivity index (χ1) is 11.3. The van der Waals surface area contributed by atoms with Gasteiger partial charge in [0.2, 0.25) is 0 Å². The zero-order valence-electron chi connectivity index (χ0n) is 14.7. The topological polar surface area (TPSA) is 74.6 Å². The van der Waals surface area contributed by atoms with Crippen LogP contribution in [0.4, 0.5) is 0 Å². The highest BCUT2D eigenvalue weighted by Crippen LogP contribution is 2.50. The van der Waals surface area contributed by atoms with Crippen molar-refractivity contribution in [3.05, 3.63) is 35.4 Å². The fourth-order valence-electron chi connectivity index (χ4n) is 3.21. The molecule has 2 N–H and O–H groups in total. The third kappa shape index (κ3) is 4.59. The monoisotopic (exact) mass is 332 g/mol. The lowest BCUT2D eigenvalue weighted by atomic mass is 9.86. The quantitative estimate of drug-likeness (QED) is 0.669. The average molecular weight is 332 g/mol. The summed E-state index contributed by atoms with van der Waals surface area (Å²) in [6, 6.07) is 8.25. The van der Waals surface area contributed by atoms with Gasteiger partial charge < -0.3 is 10.2 Å². The summed E-state index contributed by atoms with van der Waals surface area (Å²) in [6.45, 7) is 3.53. The van der Waals surface area contributed by atoms with Gasteiger partial charge in [-0.25, -0.2) is 0 Å². The van der Waals surface area contributed by atoms with Crippen LogP contribution >= 0.6 is 0 Å². The largest absolute Gasteiger partial charge is 0.481 e. The third-order valence-electron chi connectivity index (χ3n) is 5.35. The van der Waals surface area contributed by atoms with Gasteiger partial charge in [-0.05, 0) is 76.3 Å². The molecule has 4 nitrogen and oxygen atoms in total. The van der Waals surface area contributed by atoms with E-state index in [2.05, 4.69) is 12.1 Å². The highest BCUT2D eigenvalue weighted by Gasteiger charge is 2.49. The number of carbonyl (C=O) groups is 2. The van der Waals surface area contributed by atoms with E-state index in [9.17, 15) is 19.8 Å². The highest BCUT2D eigenvalue weighted by atomic mass is 16.4. The van der Waals surface area contributed by atoms with Crippen LogP contribution in [0.5, 0.6) is 0 Å². The Balaban J connectivity index is 1.86. The summed E-state index contributed by atoms with van der Waals surface area (Å²) >= 11 is 0. The maximum atomic E-state index is 11.2. The van der Waals surface area contributed by atoms with Crippen LogP contribution < -0.4 is 0 Å². The number of hydrogen-bond acceptors (Lipinski definition) is 2. The minimum Gasteiger partial charge on any atom is -0.481 e. The lowest BCUT2D eigenvalue weighted by Crippen LogP contribution is -2.23. The van der Waals surface area contributed by atoms with Crippen LogP contribution in [0.2, 0.25) is 0 Å². The molecule has 0 unspecified atom stereocenters. The van der Waals surface area contributed by atoms with E-state index in [-0.39, 0.29) is 0 Å². The Kier molecular flexibility index (Phi) is 5.68. The number of aryl methyl sites for hydroxylation is 2. The van der Waals surface area contributed by atoms with E-state index < -0.39 is 22.8 Å². The fourth-order valence-corrected chi connectivity index (χ4v) is 3.21. The van der Waals surface area contributed by atoms with Gasteiger partial charge in [-0.3, -0.25) is 9.59 Å². The van der Waals surface area contributed by atoms with Crippen LogP contribution in [0.15, 0.2) is 24.3 Å². The van der Waals surface area contributed by atoms with Crippen LogP contribution in [0.1, 0.15) is 63.5 Å². The average Bonchev–Trinajstić information content (AvgIpc) is 3.30. The van der Waals surface area contributed by atoms with E-state index in [0.29, 0.717) is 6.42 Å². The van der Waals surface area contributed by atoms with Crippen molar-refractivity contribution in [2.75, 3.05) is 0 Å². The van der Waals surface area contributed by atoms with E-state index in [1.807, 2.05) is 12.1 Å². The smallest absolute Gasteiger partial charge is 0.309 e. The molecule has 0 saturated heterocycles. The van der Waals surface area contributed by atoms with Crippen molar-refractivity contribution in [2.45, 2.75) is 65.2 Å². The molecule has 0 aliphatic heterocycles. The molecule has 2 rings (SSSR count). The summed E-state index contributed by atoms with van der Waals surface area (Å²) in [5.41, 5.74) is 1.40. The lowest BCUT2D eigenvalue weighted by molar-refractivity contribution is -0.147. The number of carboxylic acids is 2. The SMILES string of the molecule is CC(C)(CCCc1ccccc1CCCC1(C(=O)O)CC1)C(=O)O. The van der Waals surface area contributed by atoms with Crippen molar-refractivity contribution in [2.24, 2.45) is 10.8 Å². The number of benzene rings is 1. The lowest BCUT2D eigenvalue weighted by Gasteiger charge is -2.19. The summed E-state index contributed by atoms with van der Waals surface area (Å²) in [4.78, 5) is 22.4. The first kappa shape index (κ1) is 18.5. The molecule has 0 aromatic heterocycles. The minimum absolute atomic E-state index is 0.444. The number of aliphatic carboxylic acids is 2. The maximum Gasteiger partial charge on any atom is 0.309 e. The van der Waals surface area contributed by atoms with Gasteiger partial charge >= 0.3 is 11.9 Å². The van der Waals surface area contributed by atoms with E-state index >= 15 is 0 Å². The second kappa shape index (κ2) is 7.37. The molecule has 1 aromatic carbocycles. The van der Waals surface area contributed by atoms with Gasteiger partial charge in [0.25, 0.3) is 0 Å². The predicted molar refractivity (Wildman–Crippen MR) is 93.0 cm³/mol. The zero-order valence-corrected chi connectivity index (χ0v) is 14.7. The molecule has 1 aliphatic carbocycles. The summed E-state index contributed by atoms with van der Waals surface area (Å²) in [5, 5.41) is 18.4. The van der Waals surface area contributed by atoms with E-state index in [1.54, 1.807) is 13.8 Å². The Morgan fingerprint density at radius 3 is 2.04 bits per heavy atom. The van der Waals surface area contributed by atoms with Gasteiger partial charge in [0.1, 0.15) is 0 Å². The second-order valence-electron chi connectivity index (χ2n) is 7.75. The standard InChI is InChI=1S/C20H28O4/c1-19(2,17(21)22)11-5-9-15-7-3-4-8-16(15)10-6-12-20(13-14-20)18(23)24/h3-4,7-8H,5-6,9-14H2,1-2H3,(H,21,22)(H,23,24). The predicted octanol–water partition coefficient (Wildman–Crippen LogP) is 4.31. The van der Waals surface area contributed by atoms with Crippen molar-refractivity contribution >= 4 is 11.9 Å². The van der Waals surface area contributed by atoms with Crippen molar-refractivity contribution in [3.63, 3.8) is 0 Å². The summed E-state index contributed by atoms with van der Waals surface area (Å²) in [7, 11) is 0. The normalized spacial score (nSPS) is 15.9. The Morgan fingerprint density at radius 1 is 1.04 bits per heavy atom. The zero-order chi connectivity index (χ0) is 17.8. The number of hydrogen-bond donors (Lipinski definition) is 2. The molecule has 132 valence electrons. The van der Waals surface area contributed by atoms with Gasteiger partial charge in [0.05, 0.1) is 10.8 Å². The van der Waals surface area contributed by atoms with Crippen molar-refractivity contribution in [3.8, 4) is 0 Å². The molecule has 1 aromatic rings. The molecule has 1 aliphatic rings.